The van der Waals surface area contributed by atoms with Gasteiger partial charge in [0, 0.05) is 0 Å². The van der Waals surface area contributed by atoms with Gasteiger partial charge >= 0.3 is 5.97 Å². The number of carbonyl (C=O) groups is 2. The number of ether oxygens (including phenoxy) is 2. The molecule has 6 nitrogen and oxygen atoms in total. The second-order valence-electron chi connectivity index (χ2n) is 6.43. The fraction of sp³-hybridized carbons (Fsp3) is 0.286. The van der Waals surface area contributed by atoms with Crippen LogP contribution in [0.15, 0.2) is 42.5 Å². The van der Waals surface area contributed by atoms with Crippen LogP contribution in [-0.4, -0.2) is 29.6 Å². The number of benzene rings is 2. The van der Waals surface area contributed by atoms with Gasteiger partial charge in [-0.3, -0.25) is 10.1 Å². The number of aryl methyl sites for hydroxylation is 2. The number of fused-ring (bicyclic) bond motifs is 1. The number of rotatable bonds is 7. The Morgan fingerprint density at radius 3 is 2.64 bits per heavy atom. The molecule has 0 unspecified atom stereocenters. The zero-order chi connectivity index (χ0) is 20.1. The number of hydrogen-bond acceptors (Lipinski definition) is 6. The molecule has 7 heteroatoms. The first kappa shape index (κ1) is 19.8. The van der Waals surface area contributed by atoms with Crippen LogP contribution in [0.2, 0.25) is 0 Å². The monoisotopic (exact) mass is 398 g/mol. The minimum absolute atomic E-state index is 0.387. The zero-order valence-corrected chi connectivity index (χ0v) is 16.8. The molecular weight excluding hydrogens is 376 g/mol. The Morgan fingerprint density at radius 2 is 1.93 bits per heavy atom. The number of nitrogens with zero attached hydrogens (tertiary/aromatic N) is 1. The SMILES string of the molecule is CC[C@H](Oc1ccccc1)C(=O)OCC(=O)Nc1nc2c(C)cc(C)cc2s1. The molecule has 0 aliphatic rings. The van der Waals surface area contributed by atoms with Crippen LogP contribution in [0.1, 0.15) is 24.5 Å². The van der Waals surface area contributed by atoms with Crippen LogP contribution in [0, 0.1) is 13.8 Å². The predicted molar refractivity (Wildman–Crippen MR) is 110 cm³/mol. The predicted octanol–water partition coefficient (Wildman–Crippen LogP) is 4.25. The van der Waals surface area contributed by atoms with Crippen molar-refractivity contribution in [2.24, 2.45) is 0 Å². The zero-order valence-electron chi connectivity index (χ0n) is 16.0. The summed E-state index contributed by atoms with van der Waals surface area (Å²) in [6.07, 6.45) is -0.325. The fourth-order valence-electron chi connectivity index (χ4n) is 2.77. The smallest absolute Gasteiger partial charge is 0.347 e. The van der Waals surface area contributed by atoms with Crippen molar-refractivity contribution < 1.29 is 19.1 Å². The Morgan fingerprint density at radius 1 is 1.18 bits per heavy atom. The topological polar surface area (TPSA) is 77.5 Å². The molecule has 0 saturated heterocycles. The first-order valence-electron chi connectivity index (χ1n) is 9.02. The third-order valence-corrected chi connectivity index (χ3v) is 4.99. The quantitative estimate of drug-likeness (QED) is 0.602. The molecule has 0 saturated carbocycles. The summed E-state index contributed by atoms with van der Waals surface area (Å²) in [7, 11) is 0. The van der Waals surface area contributed by atoms with Crippen LogP contribution < -0.4 is 10.1 Å². The lowest BCUT2D eigenvalue weighted by Gasteiger charge is -2.16. The molecule has 2 aromatic carbocycles. The van der Waals surface area contributed by atoms with Crippen LogP contribution in [0.5, 0.6) is 5.75 Å². The van der Waals surface area contributed by atoms with Gasteiger partial charge in [-0.25, -0.2) is 9.78 Å². The lowest BCUT2D eigenvalue weighted by atomic mass is 10.1. The summed E-state index contributed by atoms with van der Waals surface area (Å²) in [4.78, 5) is 28.8. The molecule has 3 aromatic rings. The van der Waals surface area contributed by atoms with Gasteiger partial charge in [-0.15, -0.1) is 0 Å². The Balaban J connectivity index is 1.56. The van der Waals surface area contributed by atoms with Crippen molar-refractivity contribution in [3.05, 3.63) is 53.6 Å². The van der Waals surface area contributed by atoms with E-state index in [2.05, 4.69) is 10.3 Å². The van der Waals surface area contributed by atoms with E-state index in [1.165, 1.54) is 11.3 Å². The summed E-state index contributed by atoms with van der Waals surface area (Å²) in [5.74, 6) is -0.426. The number of esters is 1. The molecule has 0 aliphatic carbocycles. The van der Waals surface area contributed by atoms with E-state index in [4.69, 9.17) is 9.47 Å². The van der Waals surface area contributed by atoms with Crippen LogP contribution >= 0.6 is 11.3 Å². The highest BCUT2D eigenvalue weighted by Crippen LogP contribution is 2.29. The van der Waals surface area contributed by atoms with Crippen molar-refractivity contribution in [3.63, 3.8) is 0 Å². The Labute approximate surface area is 167 Å². The molecule has 1 heterocycles. The fourth-order valence-corrected chi connectivity index (χ4v) is 3.83. The molecule has 3 rings (SSSR count). The van der Waals surface area contributed by atoms with E-state index in [1.807, 2.05) is 51.1 Å². The number of aromatic nitrogens is 1. The number of para-hydroxylation sites is 1. The molecular formula is C21H22N2O4S. The second kappa shape index (κ2) is 8.84. The maximum Gasteiger partial charge on any atom is 0.347 e. The highest BCUT2D eigenvalue weighted by molar-refractivity contribution is 7.22. The van der Waals surface area contributed by atoms with Crippen molar-refractivity contribution in [2.45, 2.75) is 33.3 Å². The lowest BCUT2D eigenvalue weighted by molar-refractivity contribution is -0.154. The standard InChI is InChI=1S/C21H22N2O4S/c1-4-16(27-15-8-6-5-7-9-15)20(25)26-12-18(24)22-21-23-19-14(3)10-13(2)11-17(19)28-21/h5-11,16H,4,12H2,1-3H3,(H,22,23,24)/t16-/m0/s1. The van der Waals surface area contributed by atoms with Gasteiger partial charge in [0.2, 0.25) is 0 Å². The number of hydrogen-bond donors (Lipinski definition) is 1. The molecule has 0 bridgehead atoms. The minimum Gasteiger partial charge on any atom is -0.479 e. The van der Waals surface area contributed by atoms with Crippen LogP contribution in [0.4, 0.5) is 5.13 Å². The van der Waals surface area contributed by atoms with Gasteiger partial charge in [-0.2, -0.15) is 0 Å². The molecule has 1 amide bonds. The van der Waals surface area contributed by atoms with E-state index in [1.54, 1.807) is 12.1 Å². The molecule has 28 heavy (non-hydrogen) atoms. The maximum atomic E-state index is 12.2. The Hall–Kier alpha value is -2.93. The van der Waals surface area contributed by atoms with Crippen molar-refractivity contribution in [2.75, 3.05) is 11.9 Å². The lowest BCUT2D eigenvalue weighted by Crippen LogP contribution is -2.31. The van der Waals surface area contributed by atoms with E-state index in [0.29, 0.717) is 17.3 Å². The normalized spacial score (nSPS) is 11.8. The second-order valence-corrected chi connectivity index (χ2v) is 7.46. The average Bonchev–Trinajstić information content (AvgIpc) is 3.07. The number of thiazole rings is 1. The molecule has 1 N–H and O–H groups in total. The summed E-state index contributed by atoms with van der Waals surface area (Å²) >= 11 is 1.39. The summed E-state index contributed by atoms with van der Waals surface area (Å²) in [6, 6.07) is 13.1. The van der Waals surface area contributed by atoms with Crippen LogP contribution in [0.3, 0.4) is 0 Å². The van der Waals surface area contributed by atoms with Crippen molar-refractivity contribution in [1.82, 2.24) is 4.98 Å². The van der Waals surface area contributed by atoms with Crippen molar-refractivity contribution in [1.29, 1.82) is 0 Å². The van der Waals surface area contributed by atoms with Gasteiger partial charge in [0.1, 0.15) is 5.75 Å². The minimum atomic E-state index is -0.761. The van der Waals surface area contributed by atoms with Crippen molar-refractivity contribution >= 4 is 38.6 Å². The summed E-state index contributed by atoms with van der Waals surface area (Å²) in [6.45, 7) is 5.44. The van der Waals surface area contributed by atoms with Gasteiger partial charge < -0.3 is 9.47 Å². The Kier molecular flexibility index (Phi) is 6.26. The average molecular weight is 398 g/mol. The molecule has 1 atom stereocenters. The third-order valence-electron chi connectivity index (χ3n) is 4.08. The van der Waals surface area contributed by atoms with Crippen LogP contribution in [0.25, 0.3) is 10.2 Å². The van der Waals surface area contributed by atoms with Crippen molar-refractivity contribution in [3.8, 4) is 5.75 Å². The van der Waals surface area contributed by atoms with E-state index in [-0.39, 0.29) is 6.61 Å². The first-order chi connectivity index (χ1) is 13.5. The number of amides is 1. The summed E-state index contributed by atoms with van der Waals surface area (Å²) < 4.78 is 11.7. The van der Waals surface area contributed by atoms with Gasteiger partial charge in [0.15, 0.2) is 17.8 Å². The summed E-state index contributed by atoms with van der Waals surface area (Å²) in [5.41, 5.74) is 3.07. The van der Waals surface area contributed by atoms with E-state index < -0.39 is 18.0 Å². The molecule has 1 aromatic heterocycles. The van der Waals surface area contributed by atoms with E-state index in [9.17, 15) is 9.59 Å². The highest BCUT2D eigenvalue weighted by atomic mass is 32.1. The molecule has 0 spiro atoms. The Bertz CT molecular complexity index is 985. The van der Waals surface area contributed by atoms with E-state index >= 15 is 0 Å². The first-order valence-corrected chi connectivity index (χ1v) is 9.84. The summed E-state index contributed by atoms with van der Waals surface area (Å²) in [5, 5.41) is 3.17. The number of nitrogens with one attached hydrogen (secondary N) is 1. The third kappa shape index (κ3) is 4.86. The molecule has 146 valence electrons. The van der Waals surface area contributed by atoms with E-state index in [0.717, 1.165) is 21.3 Å². The van der Waals surface area contributed by atoms with Gasteiger partial charge in [0.05, 0.1) is 10.2 Å². The van der Waals surface area contributed by atoms with Gasteiger partial charge in [0.25, 0.3) is 5.91 Å². The largest absolute Gasteiger partial charge is 0.479 e. The maximum absolute atomic E-state index is 12.2. The van der Waals surface area contributed by atoms with Gasteiger partial charge in [-0.1, -0.05) is 42.5 Å². The van der Waals surface area contributed by atoms with Crippen LogP contribution in [-0.2, 0) is 14.3 Å². The number of anilines is 1. The molecule has 0 radical (unpaired) electrons. The highest BCUT2D eigenvalue weighted by Gasteiger charge is 2.21. The van der Waals surface area contributed by atoms with Gasteiger partial charge in [-0.05, 0) is 49.6 Å². The number of carbonyl (C=O) groups excluding carboxylic acids is 2. The molecule has 0 fully saturated rings. The molecule has 0 aliphatic heterocycles.